The van der Waals surface area contributed by atoms with Gasteiger partial charge >= 0.3 is 0 Å². The Morgan fingerprint density at radius 1 is 1.28 bits per heavy atom. The predicted octanol–water partition coefficient (Wildman–Crippen LogP) is 2.71. The van der Waals surface area contributed by atoms with Crippen LogP contribution in [-0.4, -0.2) is 9.78 Å². The summed E-state index contributed by atoms with van der Waals surface area (Å²) < 4.78 is 7.35. The van der Waals surface area contributed by atoms with Gasteiger partial charge in [0.15, 0.2) is 0 Å². The second-order valence-corrected chi connectivity index (χ2v) is 4.45. The maximum atomic E-state index is 5.79. The van der Waals surface area contributed by atoms with E-state index < -0.39 is 0 Å². The summed E-state index contributed by atoms with van der Waals surface area (Å²) in [5, 5.41) is 4.17. The number of halogens is 1. The Labute approximate surface area is 112 Å². The molecule has 18 heavy (non-hydrogen) atoms. The average molecular weight is 266 g/mol. The zero-order chi connectivity index (χ0) is 11.8. The third-order valence-electron chi connectivity index (χ3n) is 3.11. The molecule has 1 aromatic carbocycles. The van der Waals surface area contributed by atoms with Crippen LogP contribution in [0.25, 0.3) is 0 Å². The van der Waals surface area contributed by atoms with E-state index >= 15 is 0 Å². The van der Waals surface area contributed by atoms with Crippen molar-refractivity contribution >= 4 is 18.1 Å². The van der Waals surface area contributed by atoms with Crippen LogP contribution in [0.15, 0.2) is 24.4 Å². The predicted molar refractivity (Wildman–Crippen MR) is 73.4 cm³/mol. The summed E-state index contributed by atoms with van der Waals surface area (Å²) in [5.74, 6) is 1.29. The van der Waals surface area contributed by atoms with Crippen molar-refractivity contribution < 1.29 is 4.74 Å². The third-order valence-corrected chi connectivity index (χ3v) is 3.11. The number of ether oxygens (including phenoxy) is 1. The van der Waals surface area contributed by atoms with Crippen molar-refractivity contribution in [1.82, 2.24) is 9.78 Å². The Hall–Kier alpha value is -1.68. The van der Waals surface area contributed by atoms with Crippen LogP contribution in [0.2, 0.25) is 0 Å². The van der Waals surface area contributed by atoms with Gasteiger partial charge in [-0.05, 0) is 42.5 Å². The van der Waals surface area contributed by atoms with Gasteiger partial charge in [-0.15, -0.1) is 17.5 Å². The summed E-state index contributed by atoms with van der Waals surface area (Å²) in [6, 6.07) is 6.21. The van der Waals surface area contributed by atoms with E-state index in [0.717, 1.165) is 12.2 Å². The summed E-state index contributed by atoms with van der Waals surface area (Å²) in [4.78, 5) is 0. The molecule has 0 saturated carbocycles. The Morgan fingerprint density at radius 2 is 2.06 bits per heavy atom. The molecule has 2 N–H and O–H groups in total. The van der Waals surface area contributed by atoms with Gasteiger partial charge < -0.3 is 10.5 Å². The lowest BCUT2D eigenvalue weighted by molar-refractivity contribution is 0.455. The molecular formula is C13H16ClN3O. The van der Waals surface area contributed by atoms with Crippen LogP contribution in [0.4, 0.5) is 5.69 Å². The number of anilines is 1. The van der Waals surface area contributed by atoms with Crippen molar-refractivity contribution in [2.45, 2.75) is 19.3 Å². The molecule has 1 aliphatic rings. The Balaban J connectivity index is 0.00000120. The summed E-state index contributed by atoms with van der Waals surface area (Å²) in [6.07, 6.45) is 5.30. The van der Waals surface area contributed by atoms with Crippen molar-refractivity contribution in [3.63, 3.8) is 0 Å². The second kappa shape index (κ2) is 4.90. The van der Waals surface area contributed by atoms with Crippen molar-refractivity contribution in [2.75, 3.05) is 5.73 Å². The number of fused-ring (bicyclic) bond motifs is 1. The first kappa shape index (κ1) is 12.8. The van der Waals surface area contributed by atoms with Crippen molar-refractivity contribution in [1.29, 1.82) is 0 Å². The van der Waals surface area contributed by atoms with Crippen LogP contribution in [0, 0.1) is 0 Å². The quantitative estimate of drug-likeness (QED) is 0.908. The number of benzene rings is 1. The first-order valence-corrected chi connectivity index (χ1v) is 5.81. The highest BCUT2D eigenvalue weighted by atomic mass is 35.5. The monoisotopic (exact) mass is 265 g/mol. The molecule has 0 fully saturated rings. The minimum atomic E-state index is 0. The number of aryl methyl sites for hydroxylation is 3. The number of nitrogen functional groups attached to an aromatic ring is 1. The zero-order valence-electron chi connectivity index (χ0n) is 10.2. The van der Waals surface area contributed by atoms with Gasteiger partial charge in [-0.3, -0.25) is 4.68 Å². The van der Waals surface area contributed by atoms with E-state index in [9.17, 15) is 0 Å². The number of hydrogen-bond acceptors (Lipinski definition) is 3. The van der Waals surface area contributed by atoms with Gasteiger partial charge in [0.1, 0.15) is 11.4 Å². The molecule has 3 rings (SSSR count). The van der Waals surface area contributed by atoms with E-state index in [-0.39, 0.29) is 12.4 Å². The van der Waals surface area contributed by atoms with Gasteiger partial charge in [0.25, 0.3) is 5.88 Å². The van der Waals surface area contributed by atoms with Gasteiger partial charge in [0.05, 0.1) is 6.20 Å². The highest BCUT2D eigenvalue weighted by molar-refractivity contribution is 5.85. The molecule has 4 nitrogen and oxygen atoms in total. The van der Waals surface area contributed by atoms with Crippen LogP contribution in [-0.2, 0) is 19.9 Å². The second-order valence-electron chi connectivity index (χ2n) is 4.45. The highest BCUT2D eigenvalue weighted by Gasteiger charge is 2.13. The smallest absolute Gasteiger partial charge is 0.261 e. The molecule has 0 atom stereocenters. The maximum absolute atomic E-state index is 5.79. The van der Waals surface area contributed by atoms with Crippen LogP contribution >= 0.6 is 12.4 Å². The number of nitrogens with two attached hydrogens (primary N) is 1. The summed E-state index contributed by atoms with van der Waals surface area (Å²) in [7, 11) is 1.83. The van der Waals surface area contributed by atoms with Crippen molar-refractivity contribution in [3.05, 3.63) is 35.5 Å². The molecule has 96 valence electrons. The van der Waals surface area contributed by atoms with E-state index in [4.69, 9.17) is 10.5 Å². The van der Waals surface area contributed by atoms with Crippen LogP contribution < -0.4 is 10.5 Å². The fourth-order valence-corrected chi connectivity index (χ4v) is 2.29. The molecule has 0 amide bonds. The lowest BCUT2D eigenvalue weighted by Crippen LogP contribution is -1.92. The van der Waals surface area contributed by atoms with Crippen molar-refractivity contribution in [3.8, 4) is 11.6 Å². The van der Waals surface area contributed by atoms with Crippen LogP contribution in [0.5, 0.6) is 11.6 Å². The fourth-order valence-electron chi connectivity index (χ4n) is 2.29. The molecule has 1 heterocycles. The summed E-state index contributed by atoms with van der Waals surface area (Å²) in [6.45, 7) is 0. The minimum Gasteiger partial charge on any atom is -0.436 e. The zero-order valence-corrected chi connectivity index (χ0v) is 11.0. The van der Waals surface area contributed by atoms with Crippen LogP contribution in [0.1, 0.15) is 17.5 Å². The topological polar surface area (TPSA) is 53.1 Å². The minimum absolute atomic E-state index is 0. The molecule has 0 radical (unpaired) electrons. The molecule has 1 aromatic heterocycles. The van der Waals surface area contributed by atoms with E-state index in [0.29, 0.717) is 11.6 Å². The van der Waals surface area contributed by atoms with E-state index in [1.54, 1.807) is 10.9 Å². The van der Waals surface area contributed by atoms with E-state index in [2.05, 4.69) is 17.2 Å². The Morgan fingerprint density at radius 3 is 2.78 bits per heavy atom. The summed E-state index contributed by atoms with van der Waals surface area (Å²) >= 11 is 0. The molecule has 0 aliphatic heterocycles. The van der Waals surface area contributed by atoms with E-state index in [1.165, 1.54) is 24.0 Å². The van der Waals surface area contributed by atoms with Crippen LogP contribution in [0.3, 0.4) is 0 Å². The number of hydrogen-bond donors (Lipinski definition) is 1. The van der Waals surface area contributed by atoms with Gasteiger partial charge in [-0.2, -0.15) is 0 Å². The summed E-state index contributed by atoms with van der Waals surface area (Å²) in [5.41, 5.74) is 9.18. The first-order chi connectivity index (χ1) is 8.22. The van der Waals surface area contributed by atoms with Gasteiger partial charge in [0.2, 0.25) is 0 Å². The number of aromatic nitrogens is 2. The first-order valence-electron chi connectivity index (χ1n) is 5.81. The fraction of sp³-hybridized carbons (Fsp3) is 0.308. The Kier molecular flexibility index (Phi) is 3.48. The molecule has 0 spiro atoms. The number of rotatable bonds is 2. The molecule has 1 aliphatic carbocycles. The molecule has 0 unspecified atom stereocenters. The third kappa shape index (κ3) is 2.29. The normalized spacial score (nSPS) is 12.9. The standard InChI is InChI=1S/C13H15N3O.ClH/c1-16-8-12(14)13(15-16)17-11-6-5-9-3-2-4-10(9)7-11;/h5-8H,2-4,14H2,1H3;1H. The molecule has 2 aromatic rings. The van der Waals surface area contributed by atoms with Crippen molar-refractivity contribution in [2.24, 2.45) is 7.05 Å². The molecular weight excluding hydrogens is 250 g/mol. The maximum Gasteiger partial charge on any atom is 0.261 e. The Bertz CT molecular complexity index is 565. The molecule has 0 bridgehead atoms. The average Bonchev–Trinajstić information content (AvgIpc) is 2.85. The van der Waals surface area contributed by atoms with Gasteiger partial charge in [0, 0.05) is 7.05 Å². The largest absolute Gasteiger partial charge is 0.436 e. The molecule has 0 saturated heterocycles. The SMILES string of the molecule is Cl.Cn1cc(N)c(Oc2ccc3c(c2)CCC3)n1. The highest BCUT2D eigenvalue weighted by Crippen LogP contribution is 2.30. The van der Waals surface area contributed by atoms with E-state index in [1.807, 2.05) is 13.1 Å². The van der Waals surface area contributed by atoms with Gasteiger partial charge in [-0.25, -0.2) is 0 Å². The lowest BCUT2D eigenvalue weighted by atomic mass is 10.1. The number of nitrogens with zero attached hydrogens (tertiary/aromatic N) is 2. The molecule has 5 heteroatoms. The van der Waals surface area contributed by atoms with Gasteiger partial charge in [-0.1, -0.05) is 6.07 Å². The lowest BCUT2D eigenvalue weighted by Gasteiger charge is -2.05.